The van der Waals surface area contributed by atoms with Crippen LogP contribution in [0.25, 0.3) is 133 Å². The van der Waals surface area contributed by atoms with E-state index in [2.05, 4.69) is 228 Å². The summed E-state index contributed by atoms with van der Waals surface area (Å²) in [7, 11) is 0. The highest BCUT2D eigenvalue weighted by atomic mass is 15.0. The summed E-state index contributed by atoms with van der Waals surface area (Å²) in [4.78, 5) is 15.6. The molecule has 0 aliphatic carbocycles. The van der Waals surface area contributed by atoms with Crippen LogP contribution in [0, 0.1) is 0 Å². The standard InChI is InChI=1S/C63H39N5/c1-4-19-41(20-5-1)52-37-44-24-12-13-27-47(44)59-54-38-53-50-30-16-17-31-55(50)68(57(53)39-58(54)67(60(52)59)46-25-8-3-9-26-46)56-35-34-51(48-28-14-15-29-49(48)56)63-65-61(42-21-6-2-7-22-42)64-62(66-63)45-33-32-40-18-10-11-23-43(40)36-45/h1-39H. The molecule has 3 heterocycles. The molecule has 0 spiro atoms. The van der Waals surface area contributed by atoms with Crippen molar-refractivity contribution in [3.05, 3.63) is 237 Å². The lowest BCUT2D eigenvalue weighted by atomic mass is 9.96. The number of hydrogen-bond donors (Lipinski definition) is 0. The van der Waals surface area contributed by atoms with E-state index in [-0.39, 0.29) is 0 Å². The Bertz CT molecular complexity index is 4300. The van der Waals surface area contributed by atoms with Gasteiger partial charge in [-0.15, -0.1) is 0 Å². The Hall–Kier alpha value is -9.19. The van der Waals surface area contributed by atoms with Crippen molar-refractivity contribution in [3.8, 4) is 56.7 Å². The Balaban J connectivity index is 1.05. The van der Waals surface area contributed by atoms with Gasteiger partial charge < -0.3 is 9.13 Å². The van der Waals surface area contributed by atoms with E-state index >= 15 is 0 Å². The lowest BCUT2D eigenvalue weighted by molar-refractivity contribution is 1.08. The summed E-state index contributed by atoms with van der Waals surface area (Å²) >= 11 is 0. The summed E-state index contributed by atoms with van der Waals surface area (Å²) in [5, 5.41) is 11.8. The van der Waals surface area contributed by atoms with Crippen molar-refractivity contribution in [1.29, 1.82) is 0 Å². The minimum Gasteiger partial charge on any atom is -0.309 e. The molecule has 0 bridgehead atoms. The Morgan fingerprint density at radius 2 is 0.868 bits per heavy atom. The molecule has 0 saturated carbocycles. The van der Waals surface area contributed by atoms with E-state index < -0.39 is 0 Å². The monoisotopic (exact) mass is 865 g/mol. The fourth-order valence-corrected chi connectivity index (χ4v) is 10.6. The van der Waals surface area contributed by atoms with Gasteiger partial charge in [0.15, 0.2) is 17.5 Å². The van der Waals surface area contributed by atoms with Crippen LogP contribution in [0.2, 0.25) is 0 Å². The van der Waals surface area contributed by atoms with Gasteiger partial charge in [-0.25, -0.2) is 15.0 Å². The lowest BCUT2D eigenvalue weighted by Gasteiger charge is -2.15. The highest BCUT2D eigenvalue weighted by Crippen LogP contribution is 2.46. The van der Waals surface area contributed by atoms with Crippen LogP contribution in [-0.4, -0.2) is 24.1 Å². The van der Waals surface area contributed by atoms with Crippen molar-refractivity contribution in [2.75, 3.05) is 0 Å². The van der Waals surface area contributed by atoms with Crippen LogP contribution in [0.3, 0.4) is 0 Å². The predicted octanol–water partition coefficient (Wildman–Crippen LogP) is 16.2. The van der Waals surface area contributed by atoms with E-state index in [0.29, 0.717) is 17.5 Å². The molecular formula is C63H39N5. The largest absolute Gasteiger partial charge is 0.309 e. The third-order valence-electron chi connectivity index (χ3n) is 13.7. The fraction of sp³-hybridized carbons (Fsp3) is 0. The summed E-state index contributed by atoms with van der Waals surface area (Å²) in [6.07, 6.45) is 0. The van der Waals surface area contributed by atoms with Gasteiger partial charge in [0.2, 0.25) is 0 Å². The number of benzene rings is 11. The van der Waals surface area contributed by atoms with Crippen LogP contribution in [-0.2, 0) is 0 Å². The van der Waals surface area contributed by atoms with Gasteiger partial charge in [0.05, 0.1) is 27.8 Å². The molecular weight excluding hydrogens is 827 g/mol. The van der Waals surface area contributed by atoms with Crippen molar-refractivity contribution in [3.63, 3.8) is 0 Å². The third-order valence-corrected chi connectivity index (χ3v) is 13.7. The molecule has 0 radical (unpaired) electrons. The first-order chi connectivity index (χ1) is 33.7. The van der Waals surface area contributed by atoms with E-state index in [0.717, 1.165) is 60.8 Å². The summed E-state index contributed by atoms with van der Waals surface area (Å²) in [6.45, 7) is 0. The highest BCUT2D eigenvalue weighted by molar-refractivity contribution is 6.28. The second kappa shape index (κ2) is 15.2. The van der Waals surface area contributed by atoms with Crippen molar-refractivity contribution in [2.24, 2.45) is 0 Å². The maximum atomic E-state index is 5.26. The molecule has 0 saturated heterocycles. The third kappa shape index (κ3) is 5.93. The summed E-state index contributed by atoms with van der Waals surface area (Å²) in [6, 6.07) is 84.7. The topological polar surface area (TPSA) is 48.5 Å². The summed E-state index contributed by atoms with van der Waals surface area (Å²) in [5.41, 5.74) is 12.0. The number of hydrogen-bond acceptors (Lipinski definition) is 3. The lowest BCUT2D eigenvalue weighted by Crippen LogP contribution is -2.02. The molecule has 3 aromatic heterocycles. The molecule has 0 aliphatic rings. The first kappa shape index (κ1) is 38.1. The van der Waals surface area contributed by atoms with Crippen LogP contribution in [0.15, 0.2) is 237 Å². The van der Waals surface area contributed by atoms with E-state index in [4.69, 9.17) is 15.0 Å². The van der Waals surface area contributed by atoms with Gasteiger partial charge in [0.1, 0.15) is 0 Å². The van der Waals surface area contributed by atoms with E-state index in [9.17, 15) is 0 Å². The zero-order chi connectivity index (χ0) is 44.7. The van der Waals surface area contributed by atoms with E-state index in [1.807, 2.05) is 18.2 Å². The molecule has 0 aliphatic heterocycles. The molecule has 0 unspecified atom stereocenters. The Morgan fingerprint density at radius 1 is 0.279 bits per heavy atom. The summed E-state index contributed by atoms with van der Waals surface area (Å²) in [5.74, 6) is 1.90. The molecule has 0 atom stereocenters. The van der Waals surface area contributed by atoms with Gasteiger partial charge in [0, 0.05) is 54.9 Å². The molecule has 316 valence electrons. The Morgan fingerprint density at radius 3 is 1.65 bits per heavy atom. The number of para-hydroxylation sites is 2. The smallest absolute Gasteiger partial charge is 0.164 e. The second-order valence-corrected chi connectivity index (χ2v) is 17.6. The normalized spacial score (nSPS) is 11.8. The van der Waals surface area contributed by atoms with Gasteiger partial charge in [-0.05, 0) is 87.1 Å². The van der Waals surface area contributed by atoms with Gasteiger partial charge in [0.25, 0.3) is 0 Å². The number of rotatable bonds is 6. The molecule has 0 amide bonds. The van der Waals surface area contributed by atoms with Crippen molar-refractivity contribution >= 4 is 75.9 Å². The Labute approximate surface area is 391 Å². The molecule has 14 aromatic rings. The quantitative estimate of drug-likeness (QED) is 0.167. The van der Waals surface area contributed by atoms with Crippen molar-refractivity contribution in [1.82, 2.24) is 24.1 Å². The van der Waals surface area contributed by atoms with Crippen LogP contribution in [0.1, 0.15) is 0 Å². The highest BCUT2D eigenvalue weighted by Gasteiger charge is 2.24. The number of nitrogens with zero attached hydrogens (tertiary/aromatic N) is 5. The minimum absolute atomic E-state index is 0.627. The molecule has 14 rings (SSSR count). The SMILES string of the molecule is c1ccc(-c2nc(-c3ccc4ccccc4c3)nc(-c3ccc(-n4c5ccccc5c5cc6c7c8ccccc8cc(-c8ccccc8)c7n(-c7ccccc7)c6cc54)c4ccccc34)n2)cc1. The molecule has 68 heavy (non-hydrogen) atoms. The van der Waals surface area contributed by atoms with E-state index in [1.165, 1.54) is 54.3 Å². The number of aromatic nitrogens is 5. The average molecular weight is 866 g/mol. The van der Waals surface area contributed by atoms with Gasteiger partial charge in [-0.1, -0.05) is 182 Å². The van der Waals surface area contributed by atoms with Gasteiger partial charge >= 0.3 is 0 Å². The van der Waals surface area contributed by atoms with Crippen LogP contribution in [0.4, 0.5) is 0 Å². The summed E-state index contributed by atoms with van der Waals surface area (Å²) < 4.78 is 4.95. The van der Waals surface area contributed by atoms with Crippen molar-refractivity contribution < 1.29 is 0 Å². The van der Waals surface area contributed by atoms with Gasteiger partial charge in [-0.2, -0.15) is 0 Å². The first-order valence-corrected chi connectivity index (χ1v) is 23.1. The van der Waals surface area contributed by atoms with Crippen LogP contribution >= 0.6 is 0 Å². The maximum Gasteiger partial charge on any atom is 0.164 e. The second-order valence-electron chi connectivity index (χ2n) is 17.6. The molecule has 0 fully saturated rings. The molecule has 11 aromatic carbocycles. The van der Waals surface area contributed by atoms with Gasteiger partial charge in [-0.3, -0.25) is 0 Å². The van der Waals surface area contributed by atoms with Crippen LogP contribution in [0.5, 0.6) is 0 Å². The Kier molecular flexibility index (Phi) is 8.52. The first-order valence-electron chi connectivity index (χ1n) is 23.1. The minimum atomic E-state index is 0.627. The molecule has 5 nitrogen and oxygen atoms in total. The molecule has 5 heteroatoms. The van der Waals surface area contributed by atoms with E-state index in [1.54, 1.807) is 0 Å². The predicted molar refractivity (Wildman–Crippen MR) is 283 cm³/mol. The van der Waals surface area contributed by atoms with Crippen LogP contribution < -0.4 is 0 Å². The zero-order valence-corrected chi connectivity index (χ0v) is 36.8. The molecule has 0 N–H and O–H groups in total. The average Bonchev–Trinajstić information content (AvgIpc) is 3.92. The van der Waals surface area contributed by atoms with Crippen molar-refractivity contribution in [2.45, 2.75) is 0 Å². The fourth-order valence-electron chi connectivity index (χ4n) is 10.6. The maximum absolute atomic E-state index is 5.26. The number of fused-ring (bicyclic) bond motifs is 10. The zero-order valence-electron chi connectivity index (χ0n) is 36.8.